The van der Waals surface area contributed by atoms with Crippen molar-refractivity contribution in [3.8, 4) is 5.82 Å². The van der Waals surface area contributed by atoms with Gasteiger partial charge in [0.2, 0.25) is 0 Å². The zero-order chi connectivity index (χ0) is 16.2. The molecular formula is C15H18ClN5O2. The fourth-order valence-corrected chi connectivity index (χ4v) is 2.82. The second-order valence-corrected chi connectivity index (χ2v) is 5.97. The minimum absolute atomic E-state index is 0.0886. The van der Waals surface area contributed by atoms with Gasteiger partial charge >= 0.3 is 6.03 Å². The van der Waals surface area contributed by atoms with Crippen LogP contribution in [0.5, 0.6) is 0 Å². The number of aliphatic hydroxyl groups is 1. The molecule has 0 saturated heterocycles. The SMILES string of the molecule is O=C(Nc1ccn(-c2ncccc2Cl)n1)NC1CCC(O)CC1. The van der Waals surface area contributed by atoms with Crippen LogP contribution in [0.25, 0.3) is 5.82 Å². The highest BCUT2D eigenvalue weighted by atomic mass is 35.5. The molecule has 3 rings (SSSR count). The van der Waals surface area contributed by atoms with Crippen LogP contribution in [0.3, 0.4) is 0 Å². The summed E-state index contributed by atoms with van der Waals surface area (Å²) in [6.07, 6.45) is 6.07. The Balaban J connectivity index is 1.58. The smallest absolute Gasteiger partial charge is 0.320 e. The largest absolute Gasteiger partial charge is 0.393 e. The molecule has 0 atom stereocenters. The predicted octanol–water partition coefficient (Wildman–Crippen LogP) is 2.35. The van der Waals surface area contributed by atoms with E-state index in [-0.39, 0.29) is 18.2 Å². The highest BCUT2D eigenvalue weighted by Crippen LogP contribution is 2.19. The van der Waals surface area contributed by atoms with Crippen molar-refractivity contribution in [3.63, 3.8) is 0 Å². The number of hydrogen-bond acceptors (Lipinski definition) is 4. The van der Waals surface area contributed by atoms with E-state index in [1.54, 1.807) is 30.6 Å². The van der Waals surface area contributed by atoms with E-state index in [9.17, 15) is 9.90 Å². The molecule has 0 aromatic carbocycles. The molecule has 1 aliphatic rings. The third-order valence-electron chi connectivity index (χ3n) is 3.82. The summed E-state index contributed by atoms with van der Waals surface area (Å²) in [4.78, 5) is 16.2. The molecule has 23 heavy (non-hydrogen) atoms. The quantitative estimate of drug-likeness (QED) is 0.802. The predicted molar refractivity (Wildman–Crippen MR) is 86.8 cm³/mol. The normalized spacial score (nSPS) is 21.0. The summed E-state index contributed by atoms with van der Waals surface area (Å²) in [5.41, 5.74) is 0. The van der Waals surface area contributed by atoms with Crippen molar-refractivity contribution >= 4 is 23.4 Å². The minimum atomic E-state index is -0.302. The number of amides is 2. The first kappa shape index (κ1) is 15.8. The molecule has 1 saturated carbocycles. The Morgan fingerprint density at radius 2 is 2.09 bits per heavy atom. The maximum Gasteiger partial charge on any atom is 0.320 e. The number of nitrogens with zero attached hydrogens (tertiary/aromatic N) is 3. The number of halogens is 1. The average Bonchev–Trinajstić information content (AvgIpc) is 2.98. The first-order valence-corrected chi connectivity index (χ1v) is 7.92. The molecule has 2 aromatic heterocycles. The number of urea groups is 1. The lowest BCUT2D eigenvalue weighted by Gasteiger charge is -2.25. The fourth-order valence-electron chi connectivity index (χ4n) is 2.61. The van der Waals surface area contributed by atoms with Gasteiger partial charge in [0.15, 0.2) is 11.6 Å². The molecule has 0 unspecified atom stereocenters. The highest BCUT2D eigenvalue weighted by molar-refractivity contribution is 6.32. The zero-order valence-electron chi connectivity index (χ0n) is 12.4. The van der Waals surface area contributed by atoms with E-state index in [0.717, 1.165) is 25.7 Å². The molecule has 2 aromatic rings. The Hall–Kier alpha value is -2.12. The van der Waals surface area contributed by atoms with E-state index in [1.807, 2.05) is 0 Å². The lowest BCUT2D eigenvalue weighted by molar-refractivity contribution is 0.118. The first-order chi connectivity index (χ1) is 11.1. The van der Waals surface area contributed by atoms with Crippen LogP contribution in [-0.2, 0) is 0 Å². The Labute approximate surface area is 138 Å². The molecule has 1 fully saturated rings. The Kier molecular flexibility index (Phi) is 4.78. The number of carbonyl (C=O) groups is 1. The minimum Gasteiger partial charge on any atom is -0.393 e. The molecule has 8 heteroatoms. The van der Waals surface area contributed by atoms with Gasteiger partial charge in [-0.15, -0.1) is 5.10 Å². The van der Waals surface area contributed by atoms with Gasteiger partial charge in [-0.2, -0.15) is 0 Å². The monoisotopic (exact) mass is 335 g/mol. The zero-order valence-corrected chi connectivity index (χ0v) is 13.2. The second kappa shape index (κ2) is 6.97. The van der Waals surface area contributed by atoms with Crippen molar-refractivity contribution in [2.24, 2.45) is 0 Å². The number of carbonyl (C=O) groups excluding carboxylic acids is 1. The summed E-state index contributed by atoms with van der Waals surface area (Å²) in [7, 11) is 0. The third-order valence-corrected chi connectivity index (χ3v) is 4.11. The van der Waals surface area contributed by atoms with Crippen molar-refractivity contribution in [2.75, 3.05) is 5.32 Å². The van der Waals surface area contributed by atoms with E-state index >= 15 is 0 Å². The molecule has 122 valence electrons. The van der Waals surface area contributed by atoms with Crippen LogP contribution in [0.2, 0.25) is 5.02 Å². The molecule has 0 aliphatic heterocycles. The van der Waals surface area contributed by atoms with Gasteiger partial charge in [-0.25, -0.2) is 14.5 Å². The lowest BCUT2D eigenvalue weighted by Crippen LogP contribution is -2.40. The van der Waals surface area contributed by atoms with Crippen molar-refractivity contribution in [1.29, 1.82) is 0 Å². The Morgan fingerprint density at radius 1 is 1.30 bits per heavy atom. The Morgan fingerprint density at radius 3 is 2.83 bits per heavy atom. The Bertz CT molecular complexity index is 682. The summed E-state index contributed by atoms with van der Waals surface area (Å²) >= 11 is 6.07. The van der Waals surface area contributed by atoms with Crippen LogP contribution in [0.15, 0.2) is 30.6 Å². The molecule has 2 heterocycles. The number of aliphatic hydroxyl groups excluding tert-OH is 1. The molecule has 1 aliphatic carbocycles. The van der Waals surface area contributed by atoms with E-state index in [1.165, 1.54) is 4.68 Å². The second-order valence-electron chi connectivity index (χ2n) is 5.56. The van der Waals surface area contributed by atoms with Crippen LogP contribution in [0.1, 0.15) is 25.7 Å². The van der Waals surface area contributed by atoms with Crippen molar-refractivity contribution in [2.45, 2.75) is 37.8 Å². The van der Waals surface area contributed by atoms with E-state index in [4.69, 9.17) is 11.6 Å². The van der Waals surface area contributed by atoms with E-state index < -0.39 is 0 Å². The summed E-state index contributed by atoms with van der Waals surface area (Å²) in [6.45, 7) is 0. The number of nitrogens with one attached hydrogen (secondary N) is 2. The number of pyridine rings is 1. The van der Waals surface area contributed by atoms with Gasteiger partial charge in [0.1, 0.15) is 0 Å². The van der Waals surface area contributed by atoms with E-state index in [2.05, 4.69) is 20.7 Å². The van der Waals surface area contributed by atoms with Crippen LogP contribution in [-0.4, -0.2) is 38.0 Å². The van der Waals surface area contributed by atoms with Gasteiger partial charge in [-0.1, -0.05) is 11.6 Å². The van der Waals surface area contributed by atoms with Gasteiger partial charge in [0.25, 0.3) is 0 Å². The number of rotatable bonds is 3. The van der Waals surface area contributed by atoms with Crippen molar-refractivity contribution in [1.82, 2.24) is 20.1 Å². The van der Waals surface area contributed by atoms with Crippen LogP contribution >= 0.6 is 11.6 Å². The molecular weight excluding hydrogens is 318 g/mol. The van der Waals surface area contributed by atoms with Gasteiger partial charge < -0.3 is 10.4 Å². The summed E-state index contributed by atoms with van der Waals surface area (Å²) < 4.78 is 1.51. The number of anilines is 1. The van der Waals surface area contributed by atoms with Gasteiger partial charge in [-0.05, 0) is 37.8 Å². The summed E-state index contributed by atoms with van der Waals surface area (Å²) in [5.74, 6) is 0.920. The molecule has 0 spiro atoms. The van der Waals surface area contributed by atoms with Gasteiger partial charge in [-0.3, -0.25) is 5.32 Å². The fraction of sp³-hybridized carbons (Fsp3) is 0.400. The molecule has 2 amide bonds. The molecule has 0 radical (unpaired) electrons. The van der Waals surface area contributed by atoms with E-state index in [0.29, 0.717) is 16.7 Å². The average molecular weight is 336 g/mol. The van der Waals surface area contributed by atoms with Crippen LogP contribution in [0, 0.1) is 0 Å². The highest BCUT2D eigenvalue weighted by Gasteiger charge is 2.21. The molecule has 3 N–H and O–H groups in total. The van der Waals surface area contributed by atoms with Crippen molar-refractivity contribution < 1.29 is 9.90 Å². The summed E-state index contributed by atoms with van der Waals surface area (Å²) in [6, 6.07) is 4.93. The number of aromatic nitrogens is 3. The van der Waals surface area contributed by atoms with Gasteiger partial charge in [0, 0.05) is 24.5 Å². The summed E-state index contributed by atoms with van der Waals surface area (Å²) in [5, 5.41) is 19.8. The topological polar surface area (TPSA) is 92.1 Å². The van der Waals surface area contributed by atoms with Crippen LogP contribution < -0.4 is 10.6 Å². The molecule has 7 nitrogen and oxygen atoms in total. The lowest BCUT2D eigenvalue weighted by atomic mass is 9.93. The maximum atomic E-state index is 12.0. The standard InChI is InChI=1S/C15H18ClN5O2/c16-12-2-1-8-17-14(12)21-9-7-13(20-21)19-15(23)18-10-3-5-11(22)6-4-10/h1-2,7-11,22H,3-6H2,(H2,18,19,20,23). The van der Waals surface area contributed by atoms with Crippen LogP contribution in [0.4, 0.5) is 10.6 Å². The maximum absolute atomic E-state index is 12.0. The van der Waals surface area contributed by atoms with Crippen molar-refractivity contribution in [3.05, 3.63) is 35.6 Å². The number of hydrogen-bond donors (Lipinski definition) is 3. The van der Waals surface area contributed by atoms with Gasteiger partial charge in [0.05, 0.1) is 11.1 Å². The molecule has 0 bridgehead atoms. The first-order valence-electron chi connectivity index (χ1n) is 7.54. The third kappa shape index (κ3) is 4.00.